The molecule has 16 heavy (non-hydrogen) atoms. The second kappa shape index (κ2) is 5.69. The van der Waals surface area contributed by atoms with E-state index in [0.717, 1.165) is 18.5 Å². The third kappa shape index (κ3) is 2.26. The zero-order valence-corrected chi connectivity index (χ0v) is 11.0. The van der Waals surface area contributed by atoms with Crippen LogP contribution in [0.5, 0.6) is 0 Å². The average molecular weight is 218 g/mol. The normalized spacial score (nSPS) is 10.1. The molecule has 88 valence electrons. The molecule has 0 saturated carbocycles. The quantitative estimate of drug-likeness (QED) is 0.746. The Morgan fingerprint density at radius 3 is 2.44 bits per heavy atom. The molecule has 0 bridgehead atoms. The van der Waals surface area contributed by atoms with Crippen LogP contribution in [0.3, 0.4) is 0 Å². The Morgan fingerprint density at radius 2 is 1.88 bits per heavy atom. The Morgan fingerprint density at radius 1 is 1.19 bits per heavy atom. The van der Waals surface area contributed by atoms with Crippen LogP contribution >= 0.6 is 0 Å². The SMILES string of the molecule is CC.CCc1nc2ccc(C)cc2n1CC. The minimum atomic E-state index is 1.00. The van der Waals surface area contributed by atoms with Crippen LogP contribution in [0.1, 0.15) is 39.1 Å². The summed E-state index contributed by atoms with van der Waals surface area (Å²) in [5.41, 5.74) is 3.69. The van der Waals surface area contributed by atoms with E-state index >= 15 is 0 Å². The summed E-state index contributed by atoms with van der Waals surface area (Å²) in [7, 11) is 0. The maximum Gasteiger partial charge on any atom is 0.109 e. The fourth-order valence-electron chi connectivity index (χ4n) is 1.91. The van der Waals surface area contributed by atoms with Crippen LogP contribution < -0.4 is 0 Å². The van der Waals surface area contributed by atoms with E-state index in [1.165, 1.54) is 16.9 Å². The average Bonchev–Trinajstić information content (AvgIpc) is 2.68. The van der Waals surface area contributed by atoms with E-state index in [2.05, 4.69) is 48.5 Å². The van der Waals surface area contributed by atoms with Gasteiger partial charge in [0.25, 0.3) is 0 Å². The van der Waals surface area contributed by atoms with Crippen LogP contribution in [0.25, 0.3) is 11.0 Å². The second-order valence-corrected chi connectivity index (χ2v) is 3.62. The first-order chi connectivity index (χ1) is 7.76. The number of rotatable bonds is 2. The monoisotopic (exact) mass is 218 g/mol. The van der Waals surface area contributed by atoms with Gasteiger partial charge in [-0.1, -0.05) is 26.8 Å². The molecule has 0 spiro atoms. The van der Waals surface area contributed by atoms with Crippen LogP contribution in [0.2, 0.25) is 0 Å². The predicted molar refractivity (Wildman–Crippen MR) is 70.9 cm³/mol. The molecule has 0 atom stereocenters. The molecule has 1 heterocycles. The molecule has 0 fully saturated rings. The Hall–Kier alpha value is -1.31. The van der Waals surface area contributed by atoms with Crippen molar-refractivity contribution in [3.63, 3.8) is 0 Å². The first-order valence-corrected chi connectivity index (χ1v) is 6.22. The van der Waals surface area contributed by atoms with E-state index in [1.807, 2.05) is 13.8 Å². The van der Waals surface area contributed by atoms with E-state index < -0.39 is 0 Å². The smallest absolute Gasteiger partial charge is 0.109 e. The molecule has 2 nitrogen and oxygen atoms in total. The van der Waals surface area contributed by atoms with Gasteiger partial charge in [-0.25, -0.2) is 4.98 Å². The first-order valence-electron chi connectivity index (χ1n) is 6.22. The van der Waals surface area contributed by atoms with Crippen molar-refractivity contribution < 1.29 is 0 Å². The van der Waals surface area contributed by atoms with Gasteiger partial charge < -0.3 is 4.57 Å². The van der Waals surface area contributed by atoms with Crippen molar-refractivity contribution in [1.82, 2.24) is 9.55 Å². The molecule has 2 heteroatoms. The molecule has 0 saturated heterocycles. The van der Waals surface area contributed by atoms with Gasteiger partial charge in [0.15, 0.2) is 0 Å². The summed E-state index contributed by atoms with van der Waals surface area (Å²) in [5, 5.41) is 0. The molecular formula is C14H22N2. The number of nitrogens with zero attached hydrogens (tertiary/aromatic N) is 2. The standard InChI is InChI=1S/C12H16N2.C2H6/c1-4-12-13-10-7-6-9(3)8-11(10)14(12)5-2;1-2/h6-8H,4-5H2,1-3H3;1-2H3. The minimum Gasteiger partial charge on any atom is -0.328 e. The van der Waals surface area contributed by atoms with Gasteiger partial charge in [-0.2, -0.15) is 0 Å². The van der Waals surface area contributed by atoms with Crippen molar-refractivity contribution in [1.29, 1.82) is 0 Å². The van der Waals surface area contributed by atoms with E-state index in [9.17, 15) is 0 Å². The van der Waals surface area contributed by atoms with E-state index in [0.29, 0.717) is 0 Å². The molecule has 0 N–H and O–H groups in total. The third-order valence-electron chi connectivity index (χ3n) is 2.62. The van der Waals surface area contributed by atoms with Gasteiger partial charge in [0.1, 0.15) is 5.82 Å². The third-order valence-corrected chi connectivity index (χ3v) is 2.62. The Labute approximate surface area is 98.3 Å². The first kappa shape index (κ1) is 12.8. The number of imidazole rings is 1. The molecule has 0 unspecified atom stereocenters. The number of hydrogen-bond donors (Lipinski definition) is 0. The second-order valence-electron chi connectivity index (χ2n) is 3.62. The predicted octanol–water partition coefficient (Wildman–Crippen LogP) is 3.95. The van der Waals surface area contributed by atoms with Crippen molar-refractivity contribution in [3.8, 4) is 0 Å². The highest BCUT2D eigenvalue weighted by atomic mass is 15.1. The van der Waals surface area contributed by atoms with Crippen LogP contribution in [0.4, 0.5) is 0 Å². The number of benzene rings is 1. The number of aromatic nitrogens is 2. The van der Waals surface area contributed by atoms with Crippen molar-refractivity contribution in [2.75, 3.05) is 0 Å². The Bertz CT molecular complexity index is 455. The summed E-state index contributed by atoms with van der Waals surface area (Å²) in [6.45, 7) is 11.4. The van der Waals surface area contributed by atoms with Gasteiger partial charge in [0, 0.05) is 13.0 Å². The number of aryl methyl sites for hydroxylation is 3. The maximum absolute atomic E-state index is 4.61. The Kier molecular flexibility index (Phi) is 4.53. The lowest BCUT2D eigenvalue weighted by atomic mass is 10.2. The summed E-state index contributed by atoms with van der Waals surface area (Å²) in [5.74, 6) is 1.19. The summed E-state index contributed by atoms with van der Waals surface area (Å²) < 4.78 is 2.29. The lowest BCUT2D eigenvalue weighted by Crippen LogP contribution is -1.99. The van der Waals surface area contributed by atoms with Crippen LogP contribution in [0, 0.1) is 6.92 Å². The molecule has 0 aliphatic carbocycles. The van der Waals surface area contributed by atoms with Crippen LogP contribution in [0.15, 0.2) is 18.2 Å². The summed E-state index contributed by atoms with van der Waals surface area (Å²) >= 11 is 0. The number of fused-ring (bicyclic) bond motifs is 1. The van der Waals surface area contributed by atoms with Gasteiger partial charge >= 0.3 is 0 Å². The molecule has 1 aromatic heterocycles. The largest absolute Gasteiger partial charge is 0.328 e. The summed E-state index contributed by atoms with van der Waals surface area (Å²) in [6, 6.07) is 6.44. The van der Waals surface area contributed by atoms with Crippen molar-refractivity contribution in [2.45, 2.75) is 47.6 Å². The fourth-order valence-corrected chi connectivity index (χ4v) is 1.91. The van der Waals surface area contributed by atoms with Gasteiger partial charge in [-0.3, -0.25) is 0 Å². The fraction of sp³-hybridized carbons (Fsp3) is 0.500. The van der Waals surface area contributed by atoms with Crippen molar-refractivity contribution in [2.24, 2.45) is 0 Å². The van der Waals surface area contributed by atoms with Crippen molar-refractivity contribution >= 4 is 11.0 Å². The highest BCUT2D eigenvalue weighted by Crippen LogP contribution is 2.17. The van der Waals surface area contributed by atoms with Crippen LogP contribution in [-0.2, 0) is 13.0 Å². The van der Waals surface area contributed by atoms with Gasteiger partial charge in [-0.15, -0.1) is 0 Å². The molecule has 0 aliphatic heterocycles. The number of hydrogen-bond acceptors (Lipinski definition) is 1. The molecule has 0 amide bonds. The lowest BCUT2D eigenvalue weighted by molar-refractivity contribution is 0.725. The molecular weight excluding hydrogens is 196 g/mol. The molecule has 0 radical (unpaired) electrons. The highest BCUT2D eigenvalue weighted by Gasteiger charge is 2.06. The maximum atomic E-state index is 4.61. The summed E-state index contributed by atoms with van der Waals surface area (Å²) in [6.07, 6.45) is 1.00. The lowest BCUT2D eigenvalue weighted by Gasteiger charge is -2.03. The van der Waals surface area contributed by atoms with E-state index in [-0.39, 0.29) is 0 Å². The van der Waals surface area contributed by atoms with E-state index in [1.54, 1.807) is 0 Å². The van der Waals surface area contributed by atoms with E-state index in [4.69, 9.17) is 0 Å². The topological polar surface area (TPSA) is 17.8 Å². The Balaban J connectivity index is 0.000000606. The zero-order chi connectivity index (χ0) is 12.1. The van der Waals surface area contributed by atoms with Gasteiger partial charge in [0.05, 0.1) is 11.0 Å². The van der Waals surface area contributed by atoms with Crippen molar-refractivity contribution in [3.05, 3.63) is 29.6 Å². The van der Waals surface area contributed by atoms with Gasteiger partial charge in [0.2, 0.25) is 0 Å². The zero-order valence-electron chi connectivity index (χ0n) is 11.0. The minimum absolute atomic E-state index is 1.00. The molecule has 2 aromatic rings. The molecule has 0 aliphatic rings. The summed E-state index contributed by atoms with van der Waals surface area (Å²) in [4.78, 5) is 4.61. The highest BCUT2D eigenvalue weighted by molar-refractivity contribution is 5.76. The molecule has 2 rings (SSSR count). The molecule has 1 aromatic carbocycles. The van der Waals surface area contributed by atoms with Crippen LogP contribution in [-0.4, -0.2) is 9.55 Å². The van der Waals surface area contributed by atoms with Gasteiger partial charge in [-0.05, 0) is 31.5 Å².